The van der Waals surface area contributed by atoms with Gasteiger partial charge >= 0.3 is 0 Å². The van der Waals surface area contributed by atoms with E-state index in [-0.39, 0.29) is 17.9 Å². The minimum absolute atomic E-state index is 0.0272. The third kappa shape index (κ3) is 3.30. The summed E-state index contributed by atoms with van der Waals surface area (Å²) in [6.45, 7) is 2.43. The summed E-state index contributed by atoms with van der Waals surface area (Å²) in [5, 5.41) is 2.87. The monoisotopic (exact) mass is 276 g/mol. The molecule has 0 heterocycles. The van der Waals surface area contributed by atoms with Gasteiger partial charge in [-0.2, -0.15) is 0 Å². The highest BCUT2D eigenvalue weighted by Crippen LogP contribution is 2.30. The lowest BCUT2D eigenvalue weighted by Gasteiger charge is -2.13. The molecule has 1 aliphatic rings. The molecule has 2 unspecified atom stereocenters. The van der Waals surface area contributed by atoms with Crippen LogP contribution in [-0.2, 0) is 4.79 Å². The highest BCUT2D eigenvalue weighted by atomic mass is 16.5. The van der Waals surface area contributed by atoms with E-state index in [9.17, 15) is 4.79 Å². The highest BCUT2D eigenvalue weighted by molar-refractivity contribution is 5.94. The highest BCUT2D eigenvalue weighted by Gasteiger charge is 2.22. The van der Waals surface area contributed by atoms with E-state index >= 15 is 0 Å². The van der Waals surface area contributed by atoms with Gasteiger partial charge in [-0.1, -0.05) is 12.2 Å². The van der Waals surface area contributed by atoms with Crippen LogP contribution < -0.4 is 20.5 Å². The van der Waals surface area contributed by atoms with E-state index in [4.69, 9.17) is 15.2 Å². The minimum atomic E-state index is -0.164. The van der Waals surface area contributed by atoms with E-state index in [1.54, 1.807) is 25.3 Å². The number of nitrogens with two attached hydrogens (primary N) is 1. The van der Waals surface area contributed by atoms with Crippen molar-refractivity contribution in [2.75, 3.05) is 19.0 Å². The van der Waals surface area contributed by atoms with Gasteiger partial charge in [-0.05, 0) is 25.5 Å². The molecule has 1 aliphatic carbocycles. The molecule has 0 radical (unpaired) electrons. The van der Waals surface area contributed by atoms with Crippen molar-refractivity contribution in [1.82, 2.24) is 0 Å². The van der Waals surface area contributed by atoms with Crippen molar-refractivity contribution in [3.63, 3.8) is 0 Å². The van der Waals surface area contributed by atoms with Gasteiger partial charge in [0.15, 0.2) is 11.5 Å². The van der Waals surface area contributed by atoms with Crippen molar-refractivity contribution in [2.45, 2.75) is 19.4 Å². The van der Waals surface area contributed by atoms with Crippen molar-refractivity contribution in [3.05, 3.63) is 30.4 Å². The van der Waals surface area contributed by atoms with E-state index in [2.05, 4.69) is 5.32 Å². The number of carbonyl (C=O) groups is 1. The summed E-state index contributed by atoms with van der Waals surface area (Å²) in [4.78, 5) is 12.1. The van der Waals surface area contributed by atoms with Gasteiger partial charge in [-0.25, -0.2) is 0 Å². The summed E-state index contributed by atoms with van der Waals surface area (Å²) in [5.74, 6) is 1.04. The van der Waals surface area contributed by atoms with Crippen LogP contribution in [0.25, 0.3) is 0 Å². The zero-order valence-electron chi connectivity index (χ0n) is 11.8. The van der Waals surface area contributed by atoms with Crippen LogP contribution in [-0.4, -0.2) is 25.7 Å². The molecule has 5 nitrogen and oxygen atoms in total. The van der Waals surface area contributed by atoms with E-state index < -0.39 is 0 Å². The number of rotatable bonds is 5. The van der Waals surface area contributed by atoms with Gasteiger partial charge in [-0.3, -0.25) is 4.79 Å². The Labute approximate surface area is 118 Å². The van der Waals surface area contributed by atoms with Crippen LogP contribution in [0.15, 0.2) is 30.4 Å². The van der Waals surface area contributed by atoms with Crippen molar-refractivity contribution < 1.29 is 14.3 Å². The Morgan fingerprint density at radius 2 is 2.20 bits per heavy atom. The van der Waals surface area contributed by atoms with E-state index in [1.807, 2.05) is 19.1 Å². The largest absolute Gasteiger partial charge is 0.493 e. The first-order valence-corrected chi connectivity index (χ1v) is 6.69. The van der Waals surface area contributed by atoms with Crippen LogP contribution in [0.5, 0.6) is 11.5 Å². The molecule has 0 aromatic heterocycles. The van der Waals surface area contributed by atoms with Gasteiger partial charge in [0.2, 0.25) is 5.91 Å². The van der Waals surface area contributed by atoms with Crippen molar-refractivity contribution in [2.24, 2.45) is 11.7 Å². The molecule has 5 heteroatoms. The standard InChI is InChI=1S/C15H20N2O3/c1-3-20-14-9-12(6-7-13(14)19-2)17-15(18)10-4-5-11(16)8-10/h4-7,9-11H,3,8,16H2,1-2H3,(H,17,18). The molecule has 1 aromatic carbocycles. The van der Waals surface area contributed by atoms with E-state index in [1.165, 1.54) is 0 Å². The summed E-state index contributed by atoms with van der Waals surface area (Å²) >= 11 is 0. The molecule has 0 fully saturated rings. The molecular formula is C15H20N2O3. The molecule has 0 spiro atoms. The quantitative estimate of drug-likeness (QED) is 0.806. The fourth-order valence-electron chi connectivity index (χ4n) is 2.18. The van der Waals surface area contributed by atoms with Gasteiger partial charge < -0.3 is 20.5 Å². The van der Waals surface area contributed by atoms with Crippen LogP contribution in [0.4, 0.5) is 5.69 Å². The number of anilines is 1. The molecule has 0 saturated carbocycles. The Bertz CT molecular complexity index is 514. The minimum Gasteiger partial charge on any atom is -0.493 e. The predicted octanol–water partition coefficient (Wildman–Crippen LogP) is 1.94. The van der Waals surface area contributed by atoms with Crippen LogP contribution >= 0.6 is 0 Å². The fourth-order valence-corrected chi connectivity index (χ4v) is 2.18. The average molecular weight is 276 g/mol. The van der Waals surface area contributed by atoms with E-state index in [0.29, 0.717) is 30.2 Å². The molecule has 2 atom stereocenters. The molecule has 20 heavy (non-hydrogen) atoms. The molecule has 0 saturated heterocycles. The maximum atomic E-state index is 12.1. The Kier molecular flexibility index (Phi) is 4.63. The van der Waals surface area contributed by atoms with Crippen molar-refractivity contribution >= 4 is 11.6 Å². The number of hydrogen-bond donors (Lipinski definition) is 2. The molecule has 1 amide bonds. The first kappa shape index (κ1) is 14.4. The number of amides is 1. The summed E-state index contributed by atoms with van der Waals surface area (Å²) in [5.41, 5.74) is 6.44. The number of carbonyl (C=O) groups excluding carboxylic acids is 1. The predicted molar refractivity (Wildman–Crippen MR) is 78.0 cm³/mol. The van der Waals surface area contributed by atoms with Crippen LogP contribution in [0, 0.1) is 5.92 Å². The number of nitrogens with one attached hydrogen (secondary N) is 1. The molecule has 108 valence electrons. The van der Waals surface area contributed by atoms with Gasteiger partial charge in [0.05, 0.1) is 19.6 Å². The number of ether oxygens (including phenoxy) is 2. The zero-order valence-corrected chi connectivity index (χ0v) is 11.8. The molecule has 3 N–H and O–H groups in total. The summed E-state index contributed by atoms with van der Waals surface area (Å²) < 4.78 is 10.7. The van der Waals surface area contributed by atoms with Crippen molar-refractivity contribution in [3.8, 4) is 11.5 Å². The summed E-state index contributed by atoms with van der Waals surface area (Å²) in [6.07, 6.45) is 4.37. The molecule has 0 aliphatic heterocycles. The normalized spacial score (nSPS) is 20.8. The molecule has 0 bridgehead atoms. The van der Waals surface area contributed by atoms with Gasteiger partial charge in [0.25, 0.3) is 0 Å². The smallest absolute Gasteiger partial charge is 0.231 e. The van der Waals surface area contributed by atoms with Crippen LogP contribution in [0.3, 0.4) is 0 Å². The van der Waals surface area contributed by atoms with Crippen LogP contribution in [0.1, 0.15) is 13.3 Å². The Hall–Kier alpha value is -2.01. The second-order valence-electron chi connectivity index (χ2n) is 4.68. The second-order valence-corrected chi connectivity index (χ2v) is 4.68. The maximum Gasteiger partial charge on any atom is 0.231 e. The lowest BCUT2D eigenvalue weighted by Crippen LogP contribution is -2.24. The van der Waals surface area contributed by atoms with Gasteiger partial charge in [-0.15, -0.1) is 0 Å². The Morgan fingerprint density at radius 3 is 2.80 bits per heavy atom. The third-order valence-corrected chi connectivity index (χ3v) is 3.18. The second kappa shape index (κ2) is 6.43. The molecule has 2 rings (SSSR count). The Balaban J connectivity index is 2.07. The number of hydrogen-bond acceptors (Lipinski definition) is 4. The maximum absolute atomic E-state index is 12.1. The third-order valence-electron chi connectivity index (χ3n) is 3.18. The summed E-state index contributed by atoms with van der Waals surface area (Å²) in [7, 11) is 1.58. The number of benzene rings is 1. The van der Waals surface area contributed by atoms with Gasteiger partial charge in [0.1, 0.15) is 0 Å². The average Bonchev–Trinajstić information content (AvgIpc) is 2.86. The fraction of sp³-hybridized carbons (Fsp3) is 0.400. The van der Waals surface area contributed by atoms with Gasteiger partial charge in [0, 0.05) is 17.8 Å². The van der Waals surface area contributed by atoms with Crippen LogP contribution in [0.2, 0.25) is 0 Å². The first-order chi connectivity index (χ1) is 9.63. The lowest BCUT2D eigenvalue weighted by molar-refractivity contribution is -0.118. The van der Waals surface area contributed by atoms with Crippen molar-refractivity contribution in [1.29, 1.82) is 0 Å². The molecule has 1 aromatic rings. The van der Waals surface area contributed by atoms with E-state index in [0.717, 1.165) is 0 Å². The topological polar surface area (TPSA) is 73.6 Å². The summed E-state index contributed by atoms with van der Waals surface area (Å²) in [6, 6.07) is 5.30. The SMILES string of the molecule is CCOc1cc(NC(=O)C2C=CC(N)C2)ccc1OC. The lowest BCUT2D eigenvalue weighted by atomic mass is 10.1. The zero-order chi connectivity index (χ0) is 14.5. The first-order valence-electron chi connectivity index (χ1n) is 6.69. The Morgan fingerprint density at radius 1 is 1.40 bits per heavy atom. The number of methoxy groups -OCH3 is 1. The molecular weight excluding hydrogens is 256 g/mol.